The van der Waals surface area contributed by atoms with Gasteiger partial charge in [-0.25, -0.2) is 0 Å². The fraction of sp³-hybridized carbons (Fsp3) is 0.286. The molecule has 0 spiro atoms. The maximum atomic E-state index is 12.6. The third kappa shape index (κ3) is 4.26. The van der Waals surface area contributed by atoms with Crippen molar-refractivity contribution in [1.82, 2.24) is 4.90 Å². The zero-order chi connectivity index (χ0) is 19.4. The first kappa shape index (κ1) is 19.3. The van der Waals surface area contributed by atoms with Gasteiger partial charge in [0.1, 0.15) is 12.4 Å². The van der Waals surface area contributed by atoms with Gasteiger partial charge in [0.2, 0.25) is 5.91 Å². The van der Waals surface area contributed by atoms with Gasteiger partial charge in [0.15, 0.2) is 0 Å². The molecule has 6 heteroatoms. The van der Waals surface area contributed by atoms with E-state index >= 15 is 0 Å². The standard InChI is InChI=1S/C21H23ClN2O3/c1-26-13-21(25)24-10-9-15(18-12-16(22)5-8-19(18)23)11-20(24)14-3-6-17(27-2)7-4-14/h3-8,11-12,20H,9-10,13,23H2,1-2H3. The second kappa shape index (κ2) is 8.46. The number of hydrogen-bond acceptors (Lipinski definition) is 4. The van der Waals surface area contributed by atoms with E-state index in [9.17, 15) is 4.79 Å². The molecule has 5 nitrogen and oxygen atoms in total. The van der Waals surface area contributed by atoms with E-state index in [1.165, 1.54) is 7.11 Å². The highest BCUT2D eigenvalue weighted by Gasteiger charge is 2.28. The number of benzene rings is 2. The summed E-state index contributed by atoms with van der Waals surface area (Å²) in [5, 5.41) is 0.638. The molecule has 3 rings (SSSR count). The number of nitrogens with zero attached hydrogens (tertiary/aromatic N) is 1. The highest BCUT2D eigenvalue weighted by Crippen LogP contribution is 2.36. The summed E-state index contributed by atoms with van der Waals surface area (Å²) >= 11 is 6.17. The van der Waals surface area contributed by atoms with Crippen LogP contribution in [0.3, 0.4) is 0 Å². The molecule has 0 saturated carbocycles. The molecule has 1 aliphatic heterocycles. The van der Waals surface area contributed by atoms with Crippen molar-refractivity contribution in [1.29, 1.82) is 0 Å². The van der Waals surface area contributed by atoms with Gasteiger partial charge in [-0.05, 0) is 47.9 Å². The molecule has 0 aliphatic carbocycles. The van der Waals surface area contributed by atoms with Gasteiger partial charge in [-0.2, -0.15) is 0 Å². The minimum Gasteiger partial charge on any atom is -0.497 e. The smallest absolute Gasteiger partial charge is 0.249 e. The molecule has 0 fully saturated rings. The van der Waals surface area contributed by atoms with Crippen molar-refractivity contribution in [2.75, 3.05) is 33.1 Å². The van der Waals surface area contributed by atoms with Crippen LogP contribution in [-0.2, 0) is 9.53 Å². The zero-order valence-electron chi connectivity index (χ0n) is 15.4. The molecule has 0 saturated heterocycles. The summed E-state index contributed by atoms with van der Waals surface area (Å²) < 4.78 is 10.3. The van der Waals surface area contributed by atoms with Crippen LogP contribution in [0.4, 0.5) is 5.69 Å². The largest absolute Gasteiger partial charge is 0.497 e. The lowest BCUT2D eigenvalue weighted by atomic mass is 9.91. The molecule has 2 aromatic carbocycles. The van der Waals surface area contributed by atoms with Crippen molar-refractivity contribution in [2.24, 2.45) is 0 Å². The van der Waals surface area contributed by atoms with Crippen molar-refractivity contribution in [2.45, 2.75) is 12.5 Å². The lowest BCUT2D eigenvalue weighted by Gasteiger charge is -2.35. The number of carbonyl (C=O) groups excluding carboxylic acids is 1. The Labute approximate surface area is 164 Å². The Morgan fingerprint density at radius 3 is 2.63 bits per heavy atom. The molecular weight excluding hydrogens is 364 g/mol. The number of anilines is 1. The van der Waals surface area contributed by atoms with Crippen LogP contribution in [-0.4, -0.2) is 38.2 Å². The molecule has 1 aliphatic rings. The average molecular weight is 387 g/mol. The van der Waals surface area contributed by atoms with Gasteiger partial charge in [-0.15, -0.1) is 0 Å². The molecule has 0 radical (unpaired) electrons. The maximum Gasteiger partial charge on any atom is 0.249 e. The Bertz CT molecular complexity index is 849. The fourth-order valence-corrected chi connectivity index (χ4v) is 3.51. The predicted octanol–water partition coefficient (Wildman–Crippen LogP) is 3.93. The van der Waals surface area contributed by atoms with Crippen LogP contribution >= 0.6 is 11.6 Å². The monoisotopic (exact) mass is 386 g/mol. The quantitative estimate of drug-likeness (QED) is 0.790. The Hall–Kier alpha value is -2.50. The number of ether oxygens (including phenoxy) is 2. The summed E-state index contributed by atoms with van der Waals surface area (Å²) in [6, 6.07) is 13.0. The summed E-state index contributed by atoms with van der Waals surface area (Å²) in [7, 11) is 3.15. The molecule has 1 amide bonds. The Morgan fingerprint density at radius 2 is 1.96 bits per heavy atom. The molecule has 27 heavy (non-hydrogen) atoms. The number of nitrogen functional groups attached to an aromatic ring is 1. The van der Waals surface area contributed by atoms with Crippen molar-refractivity contribution in [3.05, 3.63) is 64.7 Å². The van der Waals surface area contributed by atoms with Gasteiger partial charge in [0.05, 0.1) is 13.2 Å². The van der Waals surface area contributed by atoms with E-state index < -0.39 is 0 Å². The minimum absolute atomic E-state index is 0.0484. The van der Waals surface area contributed by atoms with Gasteiger partial charge >= 0.3 is 0 Å². The van der Waals surface area contributed by atoms with Gasteiger partial charge in [-0.3, -0.25) is 4.79 Å². The molecule has 1 unspecified atom stereocenters. The lowest BCUT2D eigenvalue weighted by Crippen LogP contribution is -2.39. The van der Waals surface area contributed by atoms with Gasteiger partial charge in [0.25, 0.3) is 0 Å². The Morgan fingerprint density at radius 1 is 1.22 bits per heavy atom. The summed E-state index contributed by atoms with van der Waals surface area (Å²) in [6.07, 6.45) is 2.79. The highest BCUT2D eigenvalue weighted by molar-refractivity contribution is 6.30. The molecule has 142 valence electrons. The number of halogens is 1. The fourth-order valence-electron chi connectivity index (χ4n) is 3.34. The van der Waals surface area contributed by atoms with Crippen LogP contribution in [0.25, 0.3) is 5.57 Å². The minimum atomic E-state index is -0.208. The van der Waals surface area contributed by atoms with Crippen molar-refractivity contribution in [3.63, 3.8) is 0 Å². The normalized spacial score (nSPS) is 16.8. The second-order valence-electron chi connectivity index (χ2n) is 6.41. The summed E-state index contributed by atoms with van der Waals surface area (Å²) in [5.74, 6) is 0.723. The Balaban J connectivity index is 2.02. The number of rotatable bonds is 5. The molecule has 2 N–H and O–H groups in total. The van der Waals surface area contributed by atoms with Gasteiger partial charge in [0, 0.05) is 29.9 Å². The number of nitrogens with two attached hydrogens (primary N) is 1. The molecular formula is C21H23ClN2O3. The van der Waals surface area contributed by atoms with Crippen molar-refractivity contribution < 1.29 is 14.3 Å². The molecule has 0 aromatic heterocycles. The van der Waals surface area contributed by atoms with Crippen LogP contribution < -0.4 is 10.5 Å². The Kier molecular flexibility index (Phi) is 6.04. The summed E-state index contributed by atoms with van der Waals surface area (Å²) in [6.45, 7) is 0.631. The third-order valence-electron chi connectivity index (χ3n) is 4.72. The topological polar surface area (TPSA) is 64.8 Å². The number of amides is 1. The van der Waals surface area contributed by atoms with Crippen LogP contribution in [0.1, 0.15) is 23.6 Å². The van der Waals surface area contributed by atoms with E-state index in [1.54, 1.807) is 13.2 Å². The average Bonchev–Trinajstić information content (AvgIpc) is 2.69. The molecule has 0 bridgehead atoms. The van der Waals surface area contributed by atoms with Crippen LogP contribution in [0.2, 0.25) is 5.02 Å². The maximum absolute atomic E-state index is 12.6. The third-order valence-corrected chi connectivity index (χ3v) is 4.96. The number of carbonyl (C=O) groups is 1. The lowest BCUT2D eigenvalue weighted by molar-refractivity contribution is -0.136. The number of methoxy groups -OCH3 is 2. The van der Waals surface area contributed by atoms with Crippen molar-refractivity contribution >= 4 is 28.8 Å². The second-order valence-corrected chi connectivity index (χ2v) is 6.85. The highest BCUT2D eigenvalue weighted by atomic mass is 35.5. The molecule has 1 heterocycles. The van der Waals surface area contributed by atoms with E-state index in [0.717, 1.165) is 22.4 Å². The van der Waals surface area contributed by atoms with Crippen LogP contribution in [0.15, 0.2) is 48.5 Å². The van der Waals surface area contributed by atoms with Crippen molar-refractivity contribution in [3.8, 4) is 5.75 Å². The first-order valence-corrected chi connectivity index (χ1v) is 9.09. The summed E-state index contributed by atoms with van der Waals surface area (Å²) in [4.78, 5) is 14.4. The van der Waals surface area contributed by atoms with E-state index in [0.29, 0.717) is 23.7 Å². The summed E-state index contributed by atoms with van der Waals surface area (Å²) in [5.41, 5.74) is 9.84. The number of hydrogen-bond donors (Lipinski definition) is 1. The van der Waals surface area contributed by atoms with Crippen LogP contribution in [0.5, 0.6) is 5.75 Å². The molecule has 1 atom stereocenters. The van der Waals surface area contributed by atoms with E-state index in [1.807, 2.05) is 41.3 Å². The molecule has 2 aromatic rings. The van der Waals surface area contributed by atoms with Crippen LogP contribution in [0, 0.1) is 0 Å². The van der Waals surface area contributed by atoms with E-state index in [2.05, 4.69) is 6.08 Å². The predicted molar refractivity (Wildman–Crippen MR) is 108 cm³/mol. The first-order chi connectivity index (χ1) is 13.0. The van der Waals surface area contributed by atoms with E-state index in [-0.39, 0.29) is 18.6 Å². The van der Waals surface area contributed by atoms with E-state index in [4.69, 9.17) is 26.8 Å². The van der Waals surface area contributed by atoms with Gasteiger partial charge < -0.3 is 20.1 Å². The first-order valence-electron chi connectivity index (χ1n) is 8.72. The SMILES string of the molecule is COCC(=O)N1CCC(c2cc(Cl)ccc2N)=CC1c1ccc(OC)cc1. The van der Waals surface area contributed by atoms with Gasteiger partial charge in [-0.1, -0.05) is 29.8 Å². The zero-order valence-corrected chi connectivity index (χ0v) is 16.2.